The summed E-state index contributed by atoms with van der Waals surface area (Å²) >= 11 is 2.38. The van der Waals surface area contributed by atoms with Gasteiger partial charge >= 0.3 is 6.09 Å². The predicted octanol–water partition coefficient (Wildman–Crippen LogP) is 7.55. The number of carbonyl (C=O) groups is 1. The summed E-state index contributed by atoms with van der Waals surface area (Å²) in [6.45, 7) is 12.5. The average molecular weight is 812 g/mol. The second-order valence-electron chi connectivity index (χ2n) is 16.1. The number of ether oxygens (including phenoxy) is 4. The molecule has 3 aromatic rings. The summed E-state index contributed by atoms with van der Waals surface area (Å²) < 4.78 is 26.5. The molecule has 0 radical (unpaired) electrons. The minimum atomic E-state index is -0.921. The zero-order chi connectivity index (χ0) is 35.6. The molecule has 1 aliphatic carbocycles. The van der Waals surface area contributed by atoms with E-state index in [0.717, 1.165) is 122 Å². The molecule has 2 atom stereocenters. The fourth-order valence-electron chi connectivity index (χ4n) is 7.70. The molecule has 0 bridgehead atoms. The zero-order valence-corrected chi connectivity index (χ0v) is 32.8. The van der Waals surface area contributed by atoms with E-state index in [1.54, 1.807) is 0 Å². The van der Waals surface area contributed by atoms with Gasteiger partial charge in [0.15, 0.2) is 11.9 Å². The topological polar surface area (TPSA) is 98.3 Å². The van der Waals surface area contributed by atoms with Crippen LogP contribution in [0.1, 0.15) is 96.7 Å². The van der Waals surface area contributed by atoms with Crippen LogP contribution in [0.25, 0.3) is 10.9 Å². The molecular weight excluding hydrogens is 757 g/mol. The van der Waals surface area contributed by atoms with Gasteiger partial charge in [-0.05, 0) is 132 Å². The first-order valence-corrected chi connectivity index (χ1v) is 20.0. The highest BCUT2D eigenvalue weighted by molar-refractivity contribution is 14.1. The molecule has 2 unspecified atom stereocenters. The first-order valence-electron chi connectivity index (χ1n) is 18.9. The third-order valence-electron chi connectivity index (χ3n) is 10.7. The highest BCUT2D eigenvalue weighted by Gasteiger charge is 2.45. The lowest BCUT2D eigenvalue weighted by atomic mass is 9.87. The van der Waals surface area contributed by atoms with Gasteiger partial charge in [0.2, 0.25) is 5.95 Å². The standard InChI is InChI=1S/C40H54IN5O5/c1-38(2,3)51-37(47)44-39(4)19-23-45(24-20-39)30-17-21-46(22-18-30)36-42-33-16-13-29(41)26-32(33)35(43-36)40(50-31-14-15-31,28-10-6-5-7-11-28)27-49-34-12-8-9-25-48-34/h5-7,10-11,13,16,26,30-31,34H,8-9,12,14-15,17-25,27H2,1-4H3,(H,44,47). The molecule has 4 fully saturated rings. The van der Waals surface area contributed by atoms with Crippen molar-refractivity contribution in [3.63, 3.8) is 0 Å². The summed E-state index contributed by atoms with van der Waals surface area (Å²) in [6.07, 6.45) is 8.55. The van der Waals surface area contributed by atoms with Crippen LogP contribution >= 0.6 is 22.6 Å². The van der Waals surface area contributed by atoms with Crippen molar-refractivity contribution in [3.05, 3.63) is 63.4 Å². The van der Waals surface area contributed by atoms with Crippen LogP contribution in [-0.2, 0) is 24.5 Å². The lowest BCUT2D eigenvalue weighted by Crippen LogP contribution is -2.57. The Bertz CT molecular complexity index is 1640. The summed E-state index contributed by atoms with van der Waals surface area (Å²) in [7, 11) is 0. The smallest absolute Gasteiger partial charge is 0.408 e. The molecule has 3 saturated heterocycles. The van der Waals surface area contributed by atoms with Gasteiger partial charge in [-0.25, -0.2) is 14.8 Å². The number of fused-ring (bicyclic) bond motifs is 1. The molecule has 1 N–H and O–H groups in total. The normalized spacial score (nSPS) is 23.2. The van der Waals surface area contributed by atoms with E-state index in [0.29, 0.717) is 12.6 Å². The molecule has 276 valence electrons. The Labute approximate surface area is 316 Å². The van der Waals surface area contributed by atoms with Crippen molar-refractivity contribution in [2.45, 2.75) is 121 Å². The second kappa shape index (κ2) is 15.4. The molecule has 1 amide bonds. The van der Waals surface area contributed by atoms with E-state index in [4.69, 9.17) is 28.9 Å². The summed E-state index contributed by atoms with van der Waals surface area (Å²) in [5, 5.41) is 4.15. The van der Waals surface area contributed by atoms with E-state index < -0.39 is 11.2 Å². The third-order valence-corrected chi connectivity index (χ3v) is 11.4. The van der Waals surface area contributed by atoms with Crippen LogP contribution in [0.15, 0.2) is 48.5 Å². The lowest BCUT2D eigenvalue weighted by molar-refractivity contribution is -0.197. The largest absolute Gasteiger partial charge is 0.444 e. The highest BCUT2D eigenvalue weighted by Crippen LogP contribution is 2.43. The first kappa shape index (κ1) is 36.8. The lowest BCUT2D eigenvalue weighted by Gasteiger charge is -2.45. The zero-order valence-electron chi connectivity index (χ0n) is 30.7. The summed E-state index contributed by atoms with van der Waals surface area (Å²) in [4.78, 5) is 28.2. The summed E-state index contributed by atoms with van der Waals surface area (Å²) in [6, 6.07) is 17.4. The van der Waals surface area contributed by atoms with Gasteiger partial charge in [-0.15, -0.1) is 0 Å². The maximum absolute atomic E-state index is 12.5. The van der Waals surface area contributed by atoms with Crippen molar-refractivity contribution >= 4 is 45.5 Å². The van der Waals surface area contributed by atoms with Crippen LogP contribution in [-0.4, -0.2) is 89.9 Å². The molecule has 11 heteroatoms. The molecule has 4 aliphatic rings. The number of piperidine rings is 2. The van der Waals surface area contributed by atoms with Crippen LogP contribution in [0, 0.1) is 3.57 Å². The van der Waals surface area contributed by atoms with Gasteiger partial charge in [0.05, 0.1) is 23.9 Å². The number of hydrogen-bond donors (Lipinski definition) is 1. The molecule has 1 saturated carbocycles. The molecule has 10 nitrogen and oxygen atoms in total. The summed E-state index contributed by atoms with van der Waals surface area (Å²) in [5.41, 5.74) is 1.13. The molecule has 51 heavy (non-hydrogen) atoms. The van der Waals surface area contributed by atoms with Crippen molar-refractivity contribution in [1.82, 2.24) is 20.2 Å². The SMILES string of the molecule is CC1(NC(=O)OC(C)(C)C)CCN(C2CCN(c3nc(C(COC4CCCCO4)(OC4CC4)c4ccccc4)c4cc(I)ccc4n3)CC2)CC1. The van der Waals surface area contributed by atoms with E-state index in [-0.39, 0.29) is 24.0 Å². The van der Waals surface area contributed by atoms with E-state index >= 15 is 0 Å². The average Bonchev–Trinajstić information content (AvgIpc) is 3.94. The number of aromatic nitrogens is 2. The minimum Gasteiger partial charge on any atom is -0.444 e. The van der Waals surface area contributed by atoms with Crippen molar-refractivity contribution in [2.24, 2.45) is 0 Å². The van der Waals surface area contributed by atoms with Crippen molar-refractivity contribution in [2.75, 3.05) is 44.3 Å². The van der Waals surface area contributed by atoms with E-state index in [1.165, 1.54) is 0 Å². The Morgan fingerprint density at radius 3 is 2.39 bits per heavy atom. The first-order chi connectivity index (χ1) is 24.5. The van der Waals surface area contributed by atoms with E-state index in [1.807, 2.05) is 26.8 Å². The predicted molar refractivity (Wildman–Crippen MR) is 207 cm³/mol. The highest BCUT2D eigenvalue weighted by atomic mass is 127. The number of likely N-dealkylation sites (tertiary alicyclic amines) is 1. The number of nitrogens with one attached hydrogen (secondary N) is 1. The minimum absolute atomic E-state index is 0.152. The van der Waals surface area contributed by atoms with Crippen molar-refractivity contribution in [1.29, 1.82) is 0 Å². The Balaban J connectivity index is 1.12. The Hall–Kier alpha value is -2.58. The van der Waals surface area contributed by atoms with Crippen LogP contribution in [0.2, 0.25) is 0 Å². The van der Waals surface area contributed by atoms with Gasteiger partial charge in [-0.1, -0.05) is 30.3 Å². The van der Waals surface area contributed by atoms with Crippen LogP contribution in [0.3, 0.4) is 0 Å². The van der Waals surface area contributed by atoms with Gasteiger partial charge in [0.25, 0.3) is 0 Å². The van der Waals surface area contributed by atoms with Gasteiger partial charge in [0.1, 0.15) is 5.60 Å². The fourth-order valence-corrected chi connectivity index (χ4v) is 8.19. The number of alkyl carbamates (subject to hydrolysis) is 1. The number of amides is 1. The van der Waals surface area contributed by atoms with E-state index in [9.17, 15) is 4.79 Å². The van der Waals surface area contributed by atoms with E-state index in [2.05, 4.69) is 87.1 Å². The molecule has 2 aromatic carbocycles. The molecule has 0 spiro atoms. The maximum atomic E-state index is 12.5. The Morgan fingerprint density at radius 1 is 0.980 bits per heavy atom. The van der Waals surface area contributed by atoms with Crippen LogP contribution < -0.4 is 10.2 Å². The van der Waals surface area contributed by atoms with Crippen LogP contribution in [0.4, 0.5) is 10.7 Å². The van der Waals surface area contributed by atoms with Crippen molar-refractivity contribution < 1.29 is 23.7 Å². The summed E-state index contributed by atoms with van der Waals surface area (Å²) in [5.74, 6) is 0.749. The van der Waals surface area contributed by atoms with Crippen molar-refractivity contribution in [3.8, 4) is 0 Å². The van der Waals surface area contributed by atoms with Gasteiger partial charge < -0.3 is 34.1 Å². The molecule has 4 heterocycles. The monoisotopic (exact) mass is 811 g/mol. The molecule has 7 rings (SSSR count). The fraction of sp³-hybridized carbons (Fsp3) is 0.625. The number of halogens is 1. The van der Waals surface area contributed by atoms with Gasteiger partial charge in [-0.2, -0.15) is 0 Å². The number of rotatable bonds is 10. The number of benzene rings is 2. The number of hydrogen-bond acceptors (Lipinski definition) is 9. The Kier molecular flexibility index (Phi) is 11.1. The van der Waals surface area contributed by atoms with Gasteiger partial charge in [0, 0.05) is 53.3 Å². The van der Waals surface area contributed by atoms with Crippen LogP contribution in [0.5, 0.6) is 0 Å². The van der Waals surface area contributed by atoms with Gasteiger partial charge in [-0.3, -0.25) is 0 Å². The number of anilines is 1. The number of nitrogens with zero attached hydrogens (tertiary/aromatic N) is 4. The second-order valence-corrected chi connectivity index (χ2v) is 17.3. The number of carbonyl (C=O) groups excluding carboxylic acids is 1. The third kappa shape index (κ3) is 8.97. The molecule has 1 aromatic heterocycles. The Morgan fingerprint density at radius 2 is 1.73 bits per heavy atom. The molecular formula is C40H54IN5O5. The molecule has 3 aliphatic heterocycles. The maximum Gasteiger partial charge on any atom is 0.408 e. The quantitative estimate of drug-likeness (QED) is 0.208.